The van der Waals surface area contributed by atoms with Gasteiger partial charge in [-0.3, -0.25) is 4.79 Å². The molecule has 0 aromatic rings. The van der Waals surface area contributed by atoms with Gasteiger partial charge in [-0.15, -0.1) is 0 Å². The Morgan fingerprint density at radius 3 is 2.71 bits per heavy atom. The number of aliphatic carboxylic acids is 1. The Kier molecular flexibility index (Phi) is 3.22. The van der Waals surface area contributed by atoms with E-state index in [0.717, 1.165) is 0 Å². The van der Waals surface area contributed by atoms with Crippen LogP contribution in [0.5, 0.6) is 0 Å². The summed E-state index contributed by atoms with van der Waals surface area (Å²) in [6, 6.07) is 0. The second-order valence-corrected chi connectivity index (χ2v) is 1.13. The van der Waals surface area contributed by atoms with Crippen LogP contribution in [0.2, 0.25) is 0 Å². The third kappa shape index (κ3) is 5.36. The average Bonchev–Trinajstić information content (AvgIpc) is 1.61. The Balaban J connectivity index is 2.97. The fourth-order valence-electron chi connectivity index (χ4n) is 0.129. The van der Waals surface area contributed by atoms with Crippen LogP contribution >= 0.6 is 12.2 Å². The molecule has 0 rings (SSSR count). The zero-order valence-corrected chi connectivity index (χ0v) is 4.36. The van der Waals surface area contributed by atoms with Gasteiger partial charge in [-0.25, -0.2) is 0 Å². The Morgan fingerprint density at radius 1 is 2.00 bits per heavy atom. The van der Waals surface area contributed by atoms with Crippen LogP contribution in [0.4, 0.5) is 0 Å². The van der Waals surface area contributed by atoms with Crippen molar-refractivity contribution in [2.24, 2.45) is 0 Å². The molecule has 0 aliphatic heterocycles. The molecule has 0 atom stereocenters. The first kappa shape index (κ1) is 6.36. The highest BCUT2D eigenvalue weighted by molar-refractivity contribution is 7.78. The Bertz CT molecular complexity index is 83.0. The summed E-state index contributed by atoms with van der Waals surface area (Å²) in [7, 11) is 0. The van der Waals surface area contributed by atoms with Gasteiger partial charge in [0.25, 0.3) is 0 Å². The third-order valence-corrected chi connectivity index (χ3v) is 0.503. The fourth-order valence-corrected chi connectivity index (χ4v) is 0.212. The first-order valence-electron chi connectivity index (χ1n) is 1.66. The highest BCUT2D eigenvalue weighted by atomic mass is 32.1. The fraction of sp³-hybridized carbons (Fsp3) is 0.333. The molecule has 3 nitrogen and oxygen atoms in total. The molecule has 4 heteroatoms. The van der Waals surface area contributed by atoms with E-state index in [2.05, 4.69) is 17.5 Å². The van der Waals surface area contributed by atoms with E-state index in [1.165, 1.54) is 5.49 Å². The van der Waals surface area contributed by atoms with Crippen LogP contribution in [0.25, 0.3) is 0 Å². The summed E-state index contributed by atoms with van der Waals surface area (Å²) in [4.78, 5) is 9.63. The lowest BCUT2D eigenvalue weighted by molar-refractivity contribution is -0.135. The standard InChI is InChI=1S/C3H5NO2S/c5-3(6)1-4-2-7/h2H,1H2,(H,4,7)(H,5,6). The minimum atomic E-state index is -0.902. The Hall–Kier alpha value is -0.640. The van der Waals surface area contributed by atoms with E-state index >= 15 is 0 Å². The van der Waals surface area contributed by atoms with Crippen molar-refractivity contribution in [1.29, 1.82) is 0 Å². The lowest BCUT2D eigenvalue weighted by Gasteiger charge is -1.87. The molecule has 0 saturated heterocycles. The lowest BCUT2D eigenvalue weighted by Crippen LogP contribution is -2.19. The molecule has 0 aromatic heterocycles. The molecule has 40 valence electrons. The molecule has 2 N–H and O–H groups in total. The number of rotatable bonds is 3. The maximum Gasteiger partial charge on any atom is 0.322 e. The molecule has 0 aliphatic carbocycles. The molecule has 0 aliphatic rings. The van der Waals surface area contributed by atoms with E-state index in [1.807, 2.05) is 0 Å². The van der Waals surface area contributed by atoms with Crippen molar-refractivity contribution in [2.45, 2.75) is 0 Å². The van der Waals surface area contributed by atoms with Gasteiger partial charge in [0.2, 0.25) is 0 Å². The summed E-state index contributed by atoms with van der Waals surface area (Å²) < 4.78 is 0. The minimum Gasteiger partial charge on any atom is -0.480 e. The smallest absolute Gasteiger partial charge is 0.322 e. The molecule has 0 aromatic carbocycles. The number of hydrogen-bond acceptors (Lipinski definition) is 2. The van der Waals surface area contributed by atoms with Crippen LogP contribution in [0.1, 0.15) is 0 Å². The molecule has 0 radical (unpaired) electrons. The van der Waals surface area contributed by atoms with Crippen molar-refractivity contribution < 1.29 is 9.90 Å². The van der Waals surface area contributed by atoms with E-state index in [9.17, 15) is 4.79 Å². The third-order valence-electron chi connectivity index (χ3n) is 0.337. The van der Waals surface area contributed by atoms with Crippen LogP contribution < -0.4 is 5.32 Å². The van der Waals surface area contributed by atoms with Crippen LogP contribution in [0, 0.1) is 0 Å². The molecular weight excluding hydrogens is 114 g/mol. The van der Waals surface area contributed by atoms with E-state index in [1.54, 1.807) is 0 Å². The molecule has 0 unspecified atom stereocenters. The van der Waals surface area contributed by atoms with Gasteiger partial charge in [0.05, 0.1) is 5.49 Å². The van der Waals surface area contributed by atoms with E-state index < -0.39 is 5.97 Å². The molecule has 0 saturated carbocycles. The van der Waals surface area contributed by atoms with Crippen molar-refractivity contribution in [2.75, 3.05) is 6.54 Å². The zero-order valence-electron chi connectivity index (χ0n) is 3.55. The highest BCUT2D eigenvalue weighted by Gasteiger charge is 1.87. The van der Waals surface area contributed by atoms with Gasteiger partial charge in [-0.2, -0.15) is 0 Å². The number of carbonyl (C=O) groups is 1. The van der Waals surface area contributed by atoms with Gasteiger partial charge in [0.1, 0.15) is 6.54 Å². The van der Waals surface area contributed by atoms with E-state index in [4.69, 9.17) is 5.11 Å². The summed E-state index contributed by atoms with van der Waals surface area (Å²) in [5.41, 5.74) is 1.17. The largest absolute Gasteiger partial charge is 0.480 e. The monoisotopic (exact) mass is 119 g/mol. The van der Waals surface area contributed by atoms with Gasteiger partial charge in [-0.05, 0) is 0 Å². The van der Waals surface area contributed by atoms with Gasteiger partial charge >= 0.3 is 5.97 Å². The molecule has 0 spiro atoms. The average molecular weight is 119 g/mol. The molecular formula is C3H5NO2S. The maximum atomic E-state index is 9.63. The summed E-state index contributed by atoms with van der Waals surface area (Å²) in [5.74, 6) is -0.902. The van der Waals surface area contributed by atoms with Crippen molar-refractivity contribution in [3.8, 4) is 0 Å². The quantitative estimate of drug-likeness (QED) is 0.497. The Labute approximate surface area is 46.3 Å². The molecule has 0 amide bonds. The number of carboxylic acids is 1. The molecule has 0 heterocycles. The zero-order chi connectivity index (χ0) is 5.70. The van der Waals surface area contributed by atoms with Crippen molar-refractivity contribution in [3.63, 3.8) is 0 Å². The van der Waals surface area contributed by atoms with Crippen molar-refractivity contribution in [1.82, 2.24) is 5.32 Å². The van der Waals surface area contributed by atoms with Crippen LogP contribution in [0.15, 0.2) is 0 Å². The summed E-state index contributed by atoms with van der Waals surface area (Å²) >= 11 is 4.27. The predicted molar refractivity (Wildman–Crippen MR) is 29.3 cm³/mol. The maximum absolute atomic E-state index is 9.63. The van der Waals surface area contributed by atoms with Crippen LogP contribution in [0.3, 0.4) is 0 Å². The number of thiocarbonyl (C=S) groups is 1. The SMILES string of the molecule is O=C(O)CNC=S. The number of nitrogens with one attached hydrogen (secondary N) is 1. The summed E-state index contributed by atoms with van der Waals surface area (Å²) in [5, 5.41) is 10.3. The molecule has 0 bridgehead atoms. The van der Waals surface area contributed by atoms with E-state index in [-0.39, 0.29) is 6.54 Å². The predicted octanol–water partition coefficient (Wildman–Crippen LogP) is -0.382. The van der Waals surface area contributed by atoms with Crippen molar-refractivity contribution >= 4 is 23.7 Å². The minimum absolute atomic E-state index is 0.0938. The lowest BCUT2D eigenvalue weighted by atomic mass is 10.7. The summed E-state index contributed by atoms with van der Waals surface area (Å²) in [6.45, 7) is -0.0938. The normalized spacial score (nSPS) is 7.43. The van der Waals surface area contributed by atoms with Gasteiger partial charge < -0.3 is 10.4 Å². The second-order valence-electron chi connectivity index (χ2n) is 0.892. The van der Waals surface area contributed by atoms with Gasteiger partial charge in [0, 0.05) is 0 Å². The second kappa shape index (κ2) is 3.55. The van der Waals surface area contributed by atoms with Gasteiger partial charge in [0.15, 0.2) is 0 Å². The highest BCUT2D eigenvalue weighted by Crippen LogP contribution is 1.53. The molecule has 0 fully saturated rings. The Morgan fingerprint density at radius 2 is 2.57 bits per heavy atom. The summed E-state index contributed by atoms with van der Waals surface area (Å²) in [6.07, 6.45) is 0. The number of carboxylic acid groups (broad SMARTS) is 1. The topological polar surface area (TPSA) is 49.3 Å². The van der Waals surface area contributed by atoms with Crippen LogP contribution in [-0.2, 0) is 4.79 Å². The van der Waals surface area contributed by atoms with E-state index in [0.29, 0.717) is 0 Å². The molecule has 7 heavy (non-hydrogen) atoms. The van der Waals surface area contributed by atoms with Crippen molar-refractivity contribution in [3.05, 3.63) is 0 Å². The first-order chi connectivity index (χ1) is 3.27. The first-order valence-corrected chi connectivity index (χ1v) is 2.13. The van der Waals surface area contributed by atoms with Crippen LogP contribution in [-0.4, -0.2) is 23.1 Å². The number of hydrogen-bond donors (Lipinski definition) is 2. The van der Waals surface area contributed by atoms with Gasteiger partial charge in [-0.1, -0.05) is 12.2 Å².